The van der Waals surface area contributed by atoms with Crippen molar-refractivity contribution < 1.29 is 18.1 Å². The zero-order chi connectivity index (χ0) is 26.6. The molecule has 196 valence electrons. The lowest BCUT2D eigenvalue weighted by atomic mass is 10.1. The highest BCUT2D eigenvalue weighted by Gasteiger charge is 2.30. The third-order valence-corrected chi connectivity index (χ3v) is 9.63. The molecule has 3 aromatic rings. The molecular weight excluding hydrogens is 514 g/mol. The van der Waals surface area contributed by atoms with Crippen molar-refractivity contribution in [3.63, 3.8) is 0 Å². The number of benzene rings is 2. The highest BCUT2D eigenvalue weighted by atomic mass is 32.2. The fourth-order valence-electron chi connectivity index (χ4n) is 4.07. The Bertz CT molecular complexity index is 1360. The number of piperidine rings is 1. The summed E-state index contributed by atoms with van der Waals surface area (Å²) in [7, 11) is 0.365. The number of sulfonamides is 1. The summed E-state index contributed by atoms with van der Waals surface area (Å²) in [6, 6.07) is 16.9. The number of carbonyl (C=O) groups excluding carboxylic acids is 1. The maximum atomic E-state index is 13.2. The Labute approximate surface area is 220 Å². The molecule has 0 atom stereocenters. The minimum atomic E-state index is -3.62. The summed E-state index contributed by atoms with van der Waals surface area (Å²) in [5.74, 6) is -0.390. The largest absolute Gasteiger partial charge is 0.382 e. The molecule has 1 fully saturated rings. The van der Waals surface area contributed by atoms with Crippen LogP contribution in [0.5, 0.6) is 0 Å². The van der Waals surface area contributed by atoms with Gasteiger partial charge in [0.15, 0.2) is 0 Å². The van der Waals surface area contributed by atoms with E-state index in [1.165, 1.54) is 28.6 Å². The van der Waals surface area contributed by atoms with Crippen molar-refractivity contribution in [3.8, 4) is 0 Å². The van der Waals surface area contributed by atoms with Gasteiger partial charge in [0.2, 0.25) is 0 Å². The Morgan fingerprint density at radius 1 is 1.11 bits per heavy atom. The molecule has 1 saturated heterocycles. The second-order valence-electron chi connectivity index (χ2n) is 8.97. The van der Waals surface area contributed by atoms with Crippen molar-refractivity contribution in [1.29, 1.82) is 0 Å². The van der Waals surface area contributed by atoms with E-state index in [2.05, 4.69) is 16.7 Å². The van der Waals surface area contributed by atoms with Crippen molar-refractivity contribution in [2.45, 2.75) is 29.6 Å². The lowest BCUT2D eigenvalue weighted by Crippen LogP contribution is -2.42. The molecule has 1 amide bonds. The van der Waals surface area contributed by atoms with Crippen molar-refractivity contribution in [1.82, 2.24) is 9.62 Å². The zero-order valence-electron chi connectivity index (χ0n) is 20.6. The molecule has 2 aromatic carbocycles. The predicted molar refractivity (Wildman–Crippen MR) is 145 cm³/mol. The van der Waals surface area contributed by atoms with E-state index in [-0.39, 0.29) is 22.5 Å². The average molecular weight is 544 g/mol. The van der Waals surface area contributed by atoms with E-state index in [1.807, 2.05) is 37.2 Å². The fourth-order valence-corrected chi connectivity index (χ4v) is 6.99. The van der Waals surface area contributed by atoms with Gasteiger partial charge in [0.05, 0.1) is 11.5 Å². The number of hydrogen-bond acceptors (Lipinski definition) is 8. The van der Waals surface area contributed by atoms with Crippen LogP contribution in [0.15, 0.2) is 64.9 Å². The lowest BCUT2D eigenvalue weighted by molar-refractivity contribution is -0.384. The van der Waals surface area contributed by atoms with Crippen molar-refractivity contribution in [2.24, 2.45) is 0 Å². The van der Waals surface area contributed by atoms with Gasteiger partial charge in [-0.15, -0.1) is 11.3 Å². The van der Waals surface area contributed by atoms with E-state index >= 15 is 0 Å². The molecule has 0 spiro atoms. The highest BCUT2D eigenvalue weighted by Crippen LogP contribution is 2.28. The first-order chi connectivity index (χ1) is 17.6. The molecule has 2 heterocycles. The van der Waals surface area contributed by atoms with Crippen LogP contribution < -0.4 is 15.5 Å². The number of nitro groups is 1. The molecule has 1 aliphatic heterocycles. The summed E-state index contributed by atoms with van der Waals surface area (Å²) in [5.41, 5.74) is 2.32. The quantitative estimate of drug-likeness (QED) is 0.310. The maximum absolute atomic E-state index is 13.2. The van der Waals surface area contributed by atoms with Crippen LogP contribution in [-0.2, 0) is 16.6 Å². The van der Waals surface area contributed by atoms with Crippen LogP contribution in [-0.4, -0.2) is 56.8 Å². The molecular formula is C25H29N5O5S2. The van der Waals surface area contributed by atoms with Crippen molar-refractivity contribution >= 4 is 44.3 Å². The lowest BCUT2D eigenvalue weighted by Gasteiger charge is -2.32. The molecule has 0 aliphatic carbocycles. The number of thiophene rings is 1. The minimum Gasteiger partial charge on any atom is -0.382 e. The molecule has 0 unspecified atom stereocenters. The third-order valence-electron chi connectivity index (χ3n) is 6.18. The number of amides is 1. The summed E-state index contributed by atoms with van der Waals surface area (Å²) in [4.78, 5) is 25.3. The second kappa shape index (κ2) is 11.3. The average Bonchev–Trinajstić information content (AvgIpc) is 3.38. The number of nitrogens with one attached hydrogen (secondary N) is 2. The monoisotopic (exact) mass is 543 g/mol. The van der Waals surface area contributed by atoms with Gasteiger partial charge in [0, 0.05) is 67.2 Å². The van der Waals surface area contributed by atoms with Gasteiger partial charge in [-0.05, 0) is 55.3 Å². The number of carbonyl (C=O) groups is 1. The molecule has 1 aliphatic rings. The van der Waals surface area contributed by atoms with Crippen LogP contribution in [0.4, 0.5) is 17.1 Å². The van der Waals surface area contributed by atoms with Gasteiger partial charge in [-0.1, -0.05) is 6.07 Å². The fraction of sp³-hybridized carbons (Fsp3) is 0.320. The zero-order valence-corrected chi connectivity index (χ0v) is 22.2. The first-order valence-corrected chi connectivity index (χ1v) is 14.0. The van der Waals surface area contributed by atoms with E-state index < -0.39 is 20.9 Å². The van der Waals surface area contributed by atoms with E-state index in [0.29, 0.717) is 36.4 Å². The summed E-state index contributed by atoms with van der Waals surface area (Å²) in [6.45, 7) is 1.02. The maximum Gasteiger partial charge on any atom is 0.269 e. The van der Waals surface area contributed by atoms with Gasteiger partial charge < -0.3 is 15.5 Å². The summed E-state index contributed by atoms with van der Waals surface area (Å²) >= 11 is 1.13. The van der Waals surface area contributed by atoms with Gasteiger partial charge in [0.25, 0.3) is 21.6 Å². The van der Waals surface area contributed by atoms with E-state index in [9.17, 15) is 23.3 Å². The van der Waals surface area contributed by atoms with Crippen molar-refractivity contribution in [2.75, 3.05) is 37.4 Å². The number of non-ortho nitro benzene ring substituents is 1. The van der Waals surface area contributed by atoms with Gasteiger partial charge in [0.1, 0.15) is 4.21 Å². The number of anilines is 2. The third kappa shape index (κ3) is 6.45. The number of rotatable bonds is 9. The van der Waals surface area contributed by atoms with Crippen LogP contribution in [0.2, 0.25) is 0 Å². The Balaban J connectivity index is 1.30. The van der Waals surface area contributed by atoms with Crippen LogP contribution in [0.25, 0.3) is 0 Å². The smallest absolute Gasteiger partial charge is 0.269 e. The number of hydrogen-bond donors (Lipinski definition) is 2. The molecule has 12 heteroatoms. The Morgan fingerprint density at radius 3 is 2.46 bits per heavy atom. The molecule has 1 aromatic heterocycles. The Morgan fingerprint density at radius 2 is 1.81 bits per heavy atom. The highest BCUT2D eigenvalue weighted by molar-refractivity contribution is 7.91. The first-order valence-electron chi connectivity index (χ1n) is 11.8. The Kier molecular flexibility index (Phi) is 8.10. The summed E-state index contributed by atoms with van der Waals surface area (Å²) in [5, 5.41) is 17.0. The second-order valence-corrected chi connectivity index (χ2v) is 12.3. The molecule has 0 bridgehead atoms. The van der Waals surface area contributed by atoms with Gasteiger partial charge in [-0.3, -0.25) is 14.9 Å². The van der Waals surface area contributed by atoms with Crippen molar-refractivity contribution in [3.05, 3.63) is 81.2 Å². The van der Waals surface area contributed by atoms with Gasteiger partial charge >= 0.3 is 0 Å². The normalized spacial score (nSPS) is 14.8. The Hall–Kier alpha value is -3.48. The molecule has 0 saturated carbocycles. The minimum absolute atomic E-state index is 0.0944. The molecule has 10 nitrogen and oxygen atoms in total. The summed E-state index contributed by atoms with van der Waals surface area (Å²) < 4.78 is 28.2. The first kappa shape index (κ1) is 26.6. The summed E-state index contributed by atoms with van der Waals surface area (Å²) in [6.07, 6.45) is 1.41. The topological polar surface area (TPSA) is 125 Å². The van der Waals surface area contributed by atoms with Crippen LogP contribution in [0, 0.1) is 10.1 Å². The van der Waals surface area contributed by atoms with E-state index in [4.69, 9.17) is 0 Å². The van der Waals surface area contributed by atoms with Crippen LogP contribution in [0.3, 0.4) is 0 Å². The number of nitro benzene ring substituents is 1. The molecule has 2 N–H and O–H groups in total. The predicted octanol–water partition coefficient (Wildman–Crippen LogP) is 3.92. The molecule has 37 heavy (non-hydrogen) atoms. The van der Waals surface area contributed by atoms with Gasteiger partial charge in [-0.2, -0.15) is 4.31 Å². The molecule has 4 rings (SSSR count). The SMILES string of the molecule is CN(C)c1cccc(NC2CCN(S(=O)(=O)c3ccc(CNC(=O)c4ccc([N+](=O)[O-])cc4)s3)CC2)c1. The number of nitrogens with zero attached hydrogens (tertiary/aromatic N) is 3. The van der Waals surface area contributed by atoms with E-state index in [0.717, 1.165) is 22.7 Å². The van der Waals surface area contributed by atoms with E-state index in [1.54, 1.807) is 12.1 Å². The standard InChI is InChI=1S/C25H29N5O5S2/c1-28(2)22-5-3-4-20(16-22)27-19-12-14-29(15-13-19)37(34,35)24-11-10-23(36-24)17-26-25(31)18-6-8-21(9-7-18)30(32)33/h3-11,16,19,27H,12-15,17H2,1-2H3,(H,26,31). The van der Waals surface area contributed by atoms with Crippen LogP contribution in [0.1, 0.15) is 28.1 Å². The van der Waals surface area contributed by atoms with Crippen LogP contribution >= 0.6 is 11.3 Å². The van der Waals surface area contributed by atoms with Gasteiger partial charge in [-0.25, -0.2) is 8.42 Å². The molecule has 0 radical (unpaired) electrons.